The molecule has 0 saturated carbocycles. The Labute approximate surface area is 164 Å². The summed E-state index contributed by atoms with van der Waals surface area (Å²) < 4.78 is 47.2. The molecular weight excluding hydrogens is 397 g/mol. The van der Waals surface area contributed by atoms with E-state index < -0.39 is 24.2 Å². The van der Waals surface area contributed by atoms with Crippen molar-refractivity contribution in [2.75, 3.05) is 31.6 Å². The Morgan fingerprint density at radius 2 is 1.89 bits per heavy atom. The molecule has 3 heterocycles. The number of hydrogen-bond acceptors (Lipinski definition) is 4. The molecule has 2 aliphatic rings. The second-order valence-corrected chi connectivity index (χ2v) is 7.24. The van der Waals surface area contributed by atoms with E-state index in [2.05, 4.69) is 10.4 Å². The number of rotatable bonds is 2. The zero-order valence-electron chi connectivity index (χ0n) is 14.7. The lowest BCUT2D eigenvalue weighted by Crippen LogP contribution is -2.41. The summed E-state index contributed by atoms with van der Waals surface area (Å²) in [6.45, 7) is 1.60. The largest absolute Gasteiger partial charge is 0.410 e. The molecule has 1 saturated heterocycles. The van der Waals surface area contributed by atoms with Crippen LogP contribution in [-0.4, -0.2) is 53.1 Å². The van der Waals surface area contributed by atoms with Crippen molar-refractivity contribution in [1.82, 2.24) is 14.7 Å². The van der Waals surface area contributed by atoms with Gasteiger partial charge in [-0.25, -0.2) is 4.68 Å². The zero-order chi connectivity index (χ0) is 19.9. The summed E-state index contributed by atoms with van der Waals surface area (Å²) in [6, 6.07) is 5.66. The van der Waals surface area contributed by atoms with E-state index in [1.165, 1.54) is 11.0 Å². The van der Waals surface area contributed by atoms with Crippen LogP contribution in [0.3, 0.4) is 0 Å². The Hall–Kier alpha value is -2.26. The monoisotopic (exact) mass is 414 g/mol. The summed E-state index contributed by atoms with van der Waals surface area (Å²) in [6.07, 6.45) is -4.72. The third-order valence-electron chi connectivity index (χ3n) is 4.98. The number of aromatic nitrogens is 2. The summed E-state index contributed by atoms with van der Waals surface area (Å²) in [5, 5.41) is 7.58. The van der Waals surface area contributed by atoms with Crippen molar-refractivity contribution in [3.8, 4) is 0 Å². The van der Waals surface area contributed by atoms with Crippen LogP contribution >= 0.6 is 11.6 Å². The Morgan fingerprint density at radius 3 is 2.54 bits per heavy atom. The number of hydrogen-bond donors (Lipinski definition) is 1. The van der Waals surface area contributed by atoms with Gasteiger partial charge in [0.05, 0.1) is 19.3 Å². The third kappa shape index (κ3) is 3.68. The van der Waals surface area contributed by atoms with Crippen LogP contribution in [0.2, 0.25) is 5.02 Å². The van der Waals surface area contributed by atoms with Gasteiger partial charge in [-0.2, -0.15) is 18.3 Å². The highest BCUT2D eigenvalue weighted by Gasteiger charge is 2.47. The number of carbonyl (C=O) groups is 1. The average molecular weight is 415 g/mol. The first kappa shape index (κ1) is 19.1. The minimum Gasteiger partial charge on any atom is -0.378 e. The fourth-order valence-corrected chi connectivity index (χ4v) is 3.65. The first-order valence-corrected chi connectivity index (χ1v) is 9.26. The maximum absolute atomic E-state index is 13.7. The topological polar surface area (TPSA) is 59.4 Å². The van der Waals surface area contributed by atoms with Crippen LogP contribution in [0.15, 0.2) is 30.3 Å². The summed E-state index contributed by atoms with van der Waals surface area (Å²) in [4.78, 5) is 14.2. The highest BCUT2D eigenvalue weighted by molar-refractivity contribution is 6.30. The van der Waals surface area contributed by atoms with Gasteiger partial charge in [-0.3, -0.25) is 4.79 Å². The highest BCUT2D eigenvalue weighted by Crippen LogP contribution is 2.43. The number of nitrogens with one attached hydrogen (secondary N) is 1. The molecular formula is C18H18ClF3N4O2. The molecule has 1 aromatic heterocycles. The van der Waals surface area contributed by atoms with Crippen LogP contribution < -0.4 is 5.32 Å². The number of nitrogens with zero attached hydrogens (tertiary/aromatic N) is 3. The van der Waals surface area contributed by atoms with Gasteiger partial charge in [-0.15, -0.1) is 0 Å². The van der Waals surface area contributed by atoms with Crippen LogP contribution in [0.5, 0.6) is 0 Å². The number of benzene rings is 1. The Morgan fingerprint density at radius 1 is 1.21 bits per heavy atom. The van der Waals surface area contributed by atoms with E-state index in [1.807, 2.05) is 0 Å². The van der Waals surface area contributed by atoms with Gasteiger partial charge < -0.3 is 15.0 Å². The molecule has 0 spiro atoms. The van der Waals surface area contributed by atoms with Gasteiger partial charge in [0.2, 0.25) is 0 Å². The Balaban J connectivity index is 1.65. The molecule has 150 valence electrons. The van der Waals surface area contributed by atoms with Crippen molar-refractivity contribution in [1.29, 1.82) is 0 Å². The van der Waals surface area contributed by atoms with E-state index in [0.29, 0.717) is 36.9 Å². The van der Waals surface area contributed by atoms with E-state index in [9.17, 15) is 18.0 Å². The van der Waals surface area contributed by atoms with E-state index >= 15 is 0 Å². The molecule has 0 radical (unpaired) electrons. The fraction of sp³-hybridized carbons (Fsp3) is 0.444. The van der Waals surface area contributed by atoms with Crippen LogP contribution in [-0.2, 0) is 4.74 Å². The molecule has 1 aromatic carbocycles. The molecule has 0 aliphatic carbocycles. The standard InChI is InChI=1S/C18H18ClF3N4O2/c19-12-3-1-11(2-4-12)13-9-15(18(20,21)22)26-16(23-13)10-14(24-26)17(27)25-5-7-28-8-6-25/h1-4,10,13,15,23H,5-9H2/t13-,15+/m1/s1. The zero-order valence-corrected chi connectivity index (χ0v) is 15.5. The van der Waals surface area contributed by atoms with Gasteiger partial charge in [0.15, 0.2) is 11.7 Å². The average Bonchev–Trinajstić information content (AvgIpc) is 3.11. The lowest BCUT2D eigenvalue weighted by molar-refractivity contribution is -0.173. The quantitative estimate of drug-likeness (QED) is 0.814. The van der Waals surface area contributed by atoms with Crippen LogP contribution in [0, 0.1) is 0 Å². The number of ether oxygens (including phenoxy) is 1. The molecule has 4 rings (SSSR count). The maximum Gasteiger partial charge on any atom is 0.410 e. The van der Waals surface area contributed by atoms with Gasteiger partial charge in [0.25, 0.3) is 5.91 Å². The molecule has 28 heavy (non-hydrogen) atoms. The Kier molecular flexibility index (Phi) is 4.96. The van der Waals surface area contributed by atoms with Gasteiger partial charge in [0, 0.05) is 30.6 Å². The van der Waals surface area contributed by atoms with Gasteiger partial charge in [-0.05, 0) is 17.7 Å². The lowest BCUT2D eigenvalue weighted by atomic mass is 9.97. The highest BCUT2D eigenvalue weighted by atomic mass is 35.5. The van der Waals surface area contributed by atoms with E-state index in [1.54, 1.807) is 24.3 Å². The number of carbonyl (C=O) groups excluding carboxylic acids is 1. The number of halogens is 4. The number of amides is 1. The van der Waals surface area contributed by atoms with Gasteiger partial charge in [-0.1, -0.05) is 23.7 Å². The summed E-state index contributed by atoms with van der Waals surface area (Å²) in [5.41, 5.74) is 0.683. The minimum absolute atomic E-state index is 0.00425. The second kappa shape index (κ2) is 7.29. The van der Waals surface area contributed by atoms with Gasteiger partial charge >= 0.3 is 6.18 Å². The molecule has 1 fully saturated rings. The molecule has 2 aliphatic heterocycles. The number of morpholine rings is 1. The number of anilines is 1. The number of alkyl halides is 3. The van der Waals surface area contributed by atoms with Crippen LogP contribution in [0.1, 0.15) is 34.6 Å². The molecule has 0 bridgehead atoms. The summed E-state index contributed by atoms with van der Waals surface area (Å²) >= 11 is 5.88. The van der Waals surface area contributed by atoms with Crippen molar-refractivity contribution in [3.05, 3.63) is 46.6 Å². The normalized spacial score (nSPS) is 22.5. The van der Waals surface area contributed by atoms with Crippen molar-refractivity contribution in [2.45, 2.75) is 24.7 Å². The van der Waals surface area contributed by atoms with Crippen LogP contribution in [0.25, 0.3) is 0 Å². The van der Waals surface area contributed by atoms with Crippen molar-refractivity contribution < 1.29 is 22.7 Å². The minimum atomic E-state index is -4.49. The van der Waals surface area contributed by atoms with E-state index in [-0.39, 0.29) is 17.9 Å². The molecule has 2 atom stereocenters. The third-order valence-corrected chi connectivity index (χ3v) is 5.23. The van der Waals surface area contributed by atoms with E-state index in [0.717, 1.165) is 4.68 Å². The fourth-order valence-electron chi connectivity index (χ4n) is 3.52. The molecule has 1 N–H and O–H groups in total. The first-order valence-electron chi connectivity index (χ1n) is 8.88. The first-order chi connectivity index (χ1) is 13.3. The summed E-state index contributed by atoms with van der Waals surface area (Å²) in [5.74, 6) is -0.221. The predicted octanol–water partition coefficient (Wildman–Crippen LogP) is 3.67. The molecule has 2 aromatic rings. The number of fused-ring (bicyclic) bond motifs is 1. The SMILES string of the molecule is O=C(c1cc2n(n1)[C@H](C(F)(F)F)C[C@H](c1ccc(Cl)cc1)N2)N1CCOCC1. The van der Waals surface area contributed by atoms with E-state index in [4.69, 9.17) is 16.3 Å². The predicted molar refractivity (Wildman–Crippen MR) is 96.5 cm³/mol. The molecule has 6 nitrogen and oxygen atoms in total. The van der Waals surface area contributed by atoms with Crippen molar-refractivity contribution in [3.63, 3.8) is 0 Å². The summed E-state index contributed by atoms with van der Waals surface area (Å²) in [7, 11) is 0. The molecule has 10 heteroatoms. The second-order valence-electron chi connectivity index (χ2n) is 6.81. The smallest absolute Gasteiger partial charge is 0.378 e. The van der Waals surface area contributed by atoms with Crippen molar-refractivity contribution >= 4 is 23.3 Å². The lowest BCUT2D eigenvalue weighted by Gasteiger charge is -2.33. The maximum atomic E-state index is 13.7. The van der Waals surface area contributed by atoms with Crippen LogP contribution in [0.4, 0.5) is 19.0 Å². The Bertz CT molecular complexity index is 863. The van der Waals surface area contributed by atoms with Gasteiger partial charge in [0.1, 0.15) is 5.82 Å². The molecule has 1 amide bonds. The molecule has 0 unspecified atom stereocenters. The van der Waals surface area contributed by atoms with Crippen molar-refractivity contribution in [2.24, 2.45) is 0 Å².